The van der Waals surface area contributed by atoms with Gasteiger partial charge in [0.15, 0.2) is 0 Å². The number of aryl methyl sites for hydroxylation is 1. The molecule has 1 aliphatic rings. The van der Waals surface area contributed by atoms with Gasteiger partial charge in [-0.2, -0.15) is 4.31 Å². The van der Waals surface area contributed by atoms with Crippen LogP contribution in [0.2, 0.25) is 0 Å². The average molecular weight is 408 g/mol. The number of carbonyl (C=O) groups excluding carboxylic acids is 2. The van der Waals surface area contributed by atoms with Gasteiger partial charge in [-0.25, -0.2) is 8.42 Å². The fourth-order valence-corrected chi connectivity index (χ4v) is 5.76. The van der Waals surface area contributed by atoms with Gasteiger partial charge >= 0.3 is 0 Å². The first kappa shape index (κ1) is 19.5. The third-order valence-electron chi connectivity index (χ3n) is 4.49. The number of benzene rings is 1. The van der Waals surface area contributed by atoms with Crippen LogP contribution >= 0.6 is 11.3 Å². The Balaban J connectivity index is 1.64. The first-order valence-electron chi connectivity index (χ1n) is 8.68. The predicted molar refractivity (Wildman–Crippen MR) is 103 cm³/mol. The molecule has 3 rings (SSSR count). The number of hydrogen-bond acceptors (Lipinski definition) is 5. The van der Waals surface area contributed by atoms with Crippen LogP contribution < -0.4 is 10.9 Å². The van der Waals surface area contributed by atoms with E-state index in [-0.39, 0.29) is 10.8 Å². The minimum Gasteiger partial charge on any atom is -0.271 e. The van der Waals surface area contributed by atoms with Crippen molar-refractivity contribution in [2.45, 2.75) is 36.4 Å². The van der Waals surface area contributed by atoms with E-state index in [4.69, 9.17) is 0 Å². The van der Waals surface area contributed by atoms with Gasteiger partial charge in [0.05, 0.1) is 0 Å². The highest BCUT2D eigenvalue weighted by atomic mass is 32.2. The molecule has 2 N–H and O–H groups in total. The summed E-state index contributed by atoms with van der Waals surface area (Å²) in [5, 5.41) is 1.68. The highest BCUT2D eigenvalue weighted by Gasteiger charge is 2.40. The molecule has 27 heavy (non-hydrogen) atoms. The Hall–Kier alpha value is -2.23. The zero-order chi connectivity index (χ0) is 19.4. The van der Waals surface area contributed by atoms with Gasteiger partial charge < -0.3 is 0 Å². The van der Waals surface area contributed by atoms with E-state index in [9.17, 15) is 18.0 Å². The fourth-order valence-electron chi connectivity index (χ4n) is 2.98. The molecule has 1 fully saturated rings. The molecule has 0 saturated carbocycles. The maximum atomic E-state index is 12.7. The molecule has 1 aromatic heterocycles. The van der Waals surface area contributed by atoms with Gasteiger partial charge in [0.1, 0.15) is 10.3 Å². The number of hydrogen-bond donors (Lipinski definition) is 2. The molecule has 1 aromatic carbocycles. The molecule has 9 heteroatoms. The van der Waals surface area contributed by atoms with Gasteiger partial charge in [-0.15, -0.1) is 11.3 Å². The Kier molecular flexibility index (Phi) is 5.93. The zero-order valence-electron chi connectivity index (χ0n) is 14.8. The molecule has 1 atom stereocenters. The van der Waals surface area contributed by atoms with Crippen LogP contribution in [0.3, 0.4) is 0 Å². The third kappa shape index (κ3) is 4.20. The lowest BCUT2D eigenvalue weighted by Crippen LogP contribution is -2.51. The van der Waals surface area contributed by atoms with Crippen LogP contribution in [-0.4, -0.2) is 37.1 Å². The van der Waals surface area contributed by atoms with Gasteiger partial charge in [-0.1, -0.05) is 25.1 Å². The fraction of sp³-hybridized carbons (Fsp3) is 0.333. The molecule has 2 amide bonds. The Morgan fingerprint density at radius 1 is 1.19 bits per heavy atom. The summed E-state index contributed by atoms with van der Waals surface area (Å²) in [6.45, 7) is 2.30. The summed E-state index contributed by atoms with van der Waals surface area (Å²) in [5.74, 6) is -0.983. The molecule has 0 spiro atoms. The van der Waals surface area contributed by atoms with Crippen molar-refractivity contribution in [2.75, 3.05) is 6.54 Å². The Bertz CT molecular complexity index is 909. The maximum Gasteiger partial charge on any atom is 0.269 e. The van der Waals surface area contributed by atoms with Crippen molar-refractivity contribution in [3.63, 3.8) is 0 Å². The van der Waals surface area contributed by atoms with E-state index in [0.29, 0.717) is 18.4 Å². The Morgan fingerprint density at radius 2 is 1.93 bits per heavy atom. The Morgan fingerprint density at radius 3 is 2.56 bits per heavy atom. The standard InChI is InChI=1S/C18H21N3O4S2/c1-2-13-7-9-14(10-8-13)17(22)19-20-18(23)15-5-3-11-21(15)27(24,25)16-6-4-12-26-16/h4,6-10,12,15H,2-3,5,11H2,1H3,(H,19,22)(H,20,23). The largest absolute Gasteiger partial charge is 0.271 e. The molecule has 1 aliphatic heterocycles. The first-order valence-corrected chi connectivity index (χ1v) is 11.0. The van der Waals surface area contributed by atoms with Crippen LogP contribution in [0.4, 0.5) is 0 Å². The second-order valence-corrected chi connectivity index (χ2v) is 9.26. The topological polar surface area (TPSA) is 95.6 Å². The summed E-state index contributed by atoms with van der Waals surface area (Å²) in [6, 6.07) is 9.42. The summed E-state index contributed by atoms with van der Waals surface area (Å²) in [6.07, 6.45) is 1.88. The van der Waals surface area contributed by atoms with E-state index in [1.54, 1.807) is 23.6 Å². The van der Waals surface area contributed by atoms with E-state index in [0.717, 1.165) is 23.3 Å². The number of sulfonamides is 1. The van der Waals surface area contributed by atoms with Crippen molar-refractivity contribution in [3.05, 3.63) is 52.9 Å². The van der Waals surface area contributed by atoms with Crippen LogP contribution in [0.5, 0.6) is 0 Å². The van der Waals surface area contributed by atoms with Gasteiger partial charge in [-0.05, 0) is 48.4 Å². The smallest absolute Gasteiger partial charge is 0.269 e. The minimum absolute atomic E-state index is 0.210. The Labute approximate surface area is 162 Å². The summed E-state index contributed by atoms with van der Waals surface area (Å²) in [7, 11) is -3.71. The molecule has 0 radical (unpaired) electrons. The van der Waals surface area contributed by atoms with Crippen molar-refractivity contribution in [1.29, 1.82) is 0 Å². The highest BCUT2D eigenvalue weighted by molar-refractivity contribution is 7.91. The van der Waals surface area contributed by atoms with Crippen LogP contribution in [0.1, 0.15) is 35.7 Å². The van der Waals surface area contributed by atoms with Crippen molar-refractivity contribution < 1.29 is 18.0 Å². The van der Waals surface area contributed by atoms with Gasteiger partial charge in [0, 0.05) is 12.1 Å². The molecule has 2 aromatic rings. The summed E-state index contributed by atoms with van der Waals surface area (Å²) >= 11 is 1.12. The molecule has 7 nitrogen and oxygen atoms in total. The second kappa shape index (κ2) is 8.20. The molecular weight excluding hydrogens is 386 g/mol. The van der Waals surface area contributed by atoms with Crippen LogP contribution in [0, 0.1) is 0 Å². The van der Waals surface area contributed by atoms with Crippen LogP contribution in [-0.2, 0) is 21.2 Å². The SMILES string of the molecule is CCc1ccc(C(=O)NNC(=O)C2CCCN2S(=O)(=O)c2cccs2)cc1. The van der Waals surface area contributed by atoms with E-state index in [1.807, 2.05) is 19.1 Å². The highest BCUT2D eigenvalue weighted by Crippen LogP contribution is 2.28. The molecule has 1 unspecified atom stereocenters. The van der Waals surface area contributed by atoms with Crippen molar-refractivity contribution in [1.82, 2.24) is 15.2 Å². The molecule has 2 heterocycles. The van der Waals surface area contributed by atoms with E-state index in [2.05, 4.69) is 10.9 Å². The van der Waals surface area contributed by atoms with Crippen LogP contribution in [0.25, 0.3) is 0 Å². The van der Waals surface area contributed by atoms with Crippen molar-refractivity contribution in [2.24, 2.45) is 0 Å². The number of thiophene rings is 1. The second-order valence-electron chi connectivity index (χ2n) is 6.20. The zero-order valence-corrected chi connectivity index (χ0v) is 16.5. The lowest BCUT2D eigenvalue weighted by Gasteiger charge is -2.22. The predicted octanol–water partition coefficient (Wildman–Crippen LogP) is 1.92. The summed E-state index contributed by atoms with van der Waals surface area (Å²) < 4.78 is 26.8. The molecular formula is C18H21N3O4S2. The summed E-state index contributed by atoms with van der Waals surface area (Å²) in [4.78, 5) is 24.7. The number of nitrogens with zero attached hydrogens (tertiary/aromatic N) is 1. The maximum absolute atomic E-state index is 12.7. The lowest BCUT2D eigenvalue weighted by molar-refractivity contribution is -0.125. The molecule has 1 saturated heterocycles. The van der Waals surface area contributed by atoms with Gasteiger partial charge in [0.2, 0.25) is 0 Å². The van der Waals surface area contributed by atoms with E-state index in [1.165, 1.54) is 10.4 Å². The number of carbonyl (C=O) groups is 2. The summed E-state index contributed by atoms with van der Waals surface area (Å²) in [5.41, 5.74) is 6.25. The van der Waals surface area contributed by atoms with Crippen LogP contribution in [0.15, 0.2) is 46.0 Å². The lowest BCUT2D eigenvalue weighted by atomic mass is 10.1. The number of rotatable bonds is 5. The molecule has 0 bridgehead atoms. The van der Waals surface area contributed by atoms with Gasteiger partial charge in [-0.3, -0.25) is 20.4 Å². The molecule has 0 aliphatic carbocycles. The van der Waals surface area contributed by atoms with Gasteiger partial charge in [0.25, 0.3) is 21.8 Å². The van der Waals surface area contributed by atoms with E-state index < -0.39 is 27.9 Å². The number of amides is 2. The quantitative estimate of drug-likeness (QED) is 0.741. The number of hydrazine groups is 1. The van der Waals surface area contributed by atoms with Crippen molar-refractivity contribution in [3.8, 4) is 0 Å². The number of nitrogens with one attached hydrogen (secondary N) is 2. The third-order valence-corrected chi connectivity index (χ3v) is 7.77. The monoisotopic (exact) mass is 407 g/mol. The van der Waals surface area contributed by atoms with E-state index >= 15 is 0 Å². The average Bonchev–Trinajstić information content (AvgIpc) is 3.38. The van der Waals surface area contributed by atoms with Crippen molar-refractivity contribution >= 4 is 33.2 Å². The molecule has 144 valence electrons. The first-order chi connectivity index (χ1) is 12.9. The minimum atomic E-state index is -3.71. The normalized spacial score (nSPS) is 17.6.